The largest absolute Gasteiger partial charge is 0.389 e. The Hall–Kier alpha value is -1.04. The van der Waals surface area contributed by atoms with Crippen molar-refractivity contribution in [3.05, 3.63) is 35.1 Å². The first kappa shape index (κ1) is 13.0. The van der Waals surface area contributed by atoms with E-state index in [0.717, 1.165) is 0 Å². The highest BCUT2D eigenvalue weighted by Crippen LogP contribution is 2.10. The van der Waals surface area contributed by atoms with Crippen LogP contribution in [0.5, 0.6) is 0 Å². The molecule has 16 heavy (non-hydrogen) atoms. The third kappa shape index (κ3) is 4.22. The smallest absolute Gasteiger partial charge is 0.124 e. The molecule has 0 aliphatic carbocycles. The van der Waals surface area contributed by atoms with Crippen molar-refractivity contribution < 1.29 is 13.9 Å². The number of nitrogens with two attached hydrogens (primary N) is 1. The lowest BCUT2D eigenvalue weighted by molar-refractivity contribution is 0.0615. The lowest BCUT2D eigenvalue weighted by Gasteiger charge is -2.06. The van der Waals surface area contributed by atoms with Gasteiger partial charge in [-0.3, -0.25) is 0 Å². The SMILES string of the molecule is COCCOCc1cc(F)cc(C(N)=S)c1. The lowest BCUT2D eigenvalue weighted by Crippen LogP contribution is -2.10. The zero-order valence-electron chi connectivity index (χ0n) is 9.03. The number of rotatable bonds is 6. The summed E-state index contributed by atoms with van der Waals surface area (Å²) in [5.74, 6) is -0.365. The van der Waals surface area contributed by atoms with Crippen molar-refractivity contribution >= 4 is 17.2 Å². The topological polar surface area (TPSA) is 44.5 Å². The summed E-state index contributed by atoms with van der Waals surface area (Å²) in [6, 6.07) is 4.42. The van der Waals surface area contributed by atoms with Crippen molar-refractivity contribution in [3.63, 3.8) is 0 Å². The molecule has 0 aliphatic heterocycles. The van der Waals surface area contributed by atoms with Crippen molar-refractivity contribution in [2.24, 2.45) is 5.73 Å². The molecule has 0 heterocycles. The summed E-state index contributed by atoms with van der Waals surface area (Å²) in [7, 11) is 1.59. The predicted molar refractivity (Wildman–Crippen MR) is 63.8 cm³/mol. The minimum Gasteiger partial charge on any atom is -0.389 e. The first-order valence-corrected chi connectivity index (χ1v) is 5.20. The van der Waals surface area contributed by atoms with Gasteiger partial charge in [0.25, 0.3) is 0 Å². The molecule has 0 fully saturated rings. The van der Waals surface area contributed by atoms with Crippen molar-refractivity contribution in [1.82, 2.24) is 0 Å². The number of benzene rings is 1. The molecule has 3 nitrogen and oxygen atoms in total. The maximum Gasteiger partial charge on any atom is 0.124 e. The molecule has 2 N–H and O–H groups in total. The van der Waals surface area contributed by atoms with Gasteiger partial charge in [0.1, 0.15) is 10.8 Å². The van der Waals surface area contributed by atoms with Gasteiger partial charge in [-0.1, -0.05) is 12.2 Å². The van der Waals surface area contributed by atoms with Gasteiger partial charge in [0.05, 0.1) is 19.8 Å². The number of halogens is 1. The van der Waals surface area contributed by atoms with Crippen LogP contribution in [0.3, 0.4) is 0 Å². The van der Waals surface area contributed by atoms with Gasteiger partial charge in [0.15, 0.2) is 0 Å². The molecular weight excluding hydrogens is 229 g/mol. The molecule has 0 saturated heterocycles. The molecule has 1 aromatic carbocycles. The van der Waals surface area contributed by atoms with Crippen LogP contribution in [0.15, 0.2) is 18.2 Å². The van der Waals surface area contributed by atoms with E-state index in [2.05, 4.69) is 0 Å². The van der Waals surface area contributed by atoms with Crippen molar-refractivity contribution in [1.29, 1.82) is 0 Å². The Morgan fingerprint density at radius 2 is 2.12 bits per heavy atom. The Balaban J connectivity index is 2.62. The van der Waals surface area contributed by atoms with E-state index in [4.69, 9.17) is 27.4 Å². The summed E-state index contributed by atoms with van der Waals surface area (Å²) in [6.07, 6.45) is 0. The fourth-order valence-electron chi connectivity index (χ4n) is 1.21. The van der Waals surface area contributed by atoms with Crippen LogP contribution in [0.2, 0.25) is 0 Å². The Morgan fingerprint density at radius 3 is 2.75 bits per heavy atom. The third-order valence-corrected chi connectivity index (χ3v) is 2.18. The van der Waals surface area contributed by atoms with Gasteiger partial charge in [-0.2, -0.15) is 0 Å². The molecule has 0 aromatic heterocycles. The first-order chi connectivity index (χ1) is 7.63. The number of thiocarbonyl (C=S) groups is 1. The highest BCUT2D eigenvalue weighted by molar-refractivity contribution is 7.80. The van der Waals surface area contributed by atoms with Gasteiger partial charge >= 0.3 is 0 Å². The fourth-order valence-corrected chi connectivity index (χ4v) is 1.33. The zero-order chi connectivity index (χ0) is 12.0. The number of methoxy groups -OCH3 is 1. The normalized spacial score (nSPS) is 10.4. The minimum atomic E-state index is -0.365. The number of ether oxygens (including phenoxy) is 2. The summed E-state index contributed by atoms with van der Waals surface area (Å²) >= 11 is 4.79. The molecule has 88 valence electrons. The van der Waals surface area contributed by atoms with Crippen LogP contribution >= 0.6 is 12.2 Å². The van der Waals surface area contributed by atoms with Crippen LogP contribution in [0.4, 0.5) is 4.39 Å². The maximum absolute atomic E-state index is 13.2. The average molecular weight is 243 g/mol. The standard InChI is InChI=1S/C11H14FNO2S/c1-14-2-3-15-7-8-4-9(11(13)16)6-10(12)5-8/h4-6H,2-3,7H2,1H3,(H2,13,16). The van der Waals surface area contributed by atoms with Crippen LogP contribution in [0.1, 0.15) is 11.1 Å². The summed E-state index contributed by atoms with van der Waals surface area (Å²) in [5, 5.41) is 0. The summed E-state index contributed by atoms with van der Waals surface area (Å²) in [6.45, 7) is 1.30. The Bertz CT molecular complexity index is 371. The van der Waals surface area contributed by atoms with Gasteiger partial charge in [0.2, 0.25) is 0 Å². The molecule has 0 atom stereocenters. The molecule has 0 aliphatic rings. The summed E-state index contributed by atoms with van der Waals surface area (Å²) in [5.41, 5.74) is 6.65. The van der Waals surface area contributed by atoms with Crippen LogP contribution < -0.4 is 5.73 Å². The molecule has 0 radical (unpaired) electrons. The lowest BCUT2D eigenvalue weighted by atomic mass is 10.1. The van der Waals surface area contributed by atoms with E-state index in [1.54, 1.807) is 13.2 Å². The monoisotopic (exact) mass is 243 g/mol. The molecule has 0 amide bonds. The molecule has 0 bridgehead atoms. The number of hydrogen-bond acceptors (Lipinski definition) is 3. The van der Waals surface area contributed by atoms with E-state index in [1.165, 1.54) is 12.1 Å². The molecule has 5 heteroatoms. The molecule has 0 spiro atoms. The van der Waals surface area contributed by atoms with Crippen molar-refractivity contribution in [3.8, 4) is 0 Å². The van der Waals surface area contributed by atoms with E-state index in [1.807, 2.05) is 0 Å². The molecule has 0 unspecified atom stereocenters. The van der Waals surface area contributed by atoms with E-state index < -0.39 is 0 Å². The highest BCUT2D eigenvalue weighted by Gasteiger charge is 2.03. The van der Waals surface area contributed by atoms with E-state index >= 15 is 0 Å². The van der Waals surface area contributed by atoms with Crippen LogP contribution in [0, 0.1) is 5.82 Å². The van der Waals surface area contributed by atoms with Gasteiger partial charge in [-0.25, -0.2) is 4.39 Å². The van der Waals surface area contributed by atoms with Gasteiger partial charge in [-0.15, -0.1) is 0 Å². The zero-order valence-corrected chi connectivity index (χ0v) is 9.85. The second-order valence-corrected chi connectivity index (χ2v) is 3.70. The quantitative estimate of drug-likeness (QED) is 0.609. The summed E-state index contributed by atoms with van der Waals surface area (Å²) < 4.78 is 23.3. The highest BCUT2D eigenvalue weighted by atomic mass is 32.1. The van der Waals surface area contributed by atoms with Crippen molar-refractivity contribution in [2.75, 3.05) is 20.3 Å². The van der Waals surface area contributed by atoms with Gasteiger partial charge in [0, 0.05) is 12.7 Å². The fraction of sp³-hybridized carbons (Fsp3) is 0.364. The Kier molecular flexibility index (Phi) is 5.31. The van der Waals surface area contributed by atoms with E-state index in [-0.39, 0.29) is 10.8 Å². The maximum atomic E-state index is 13.2. The molecule has 1 rings (SSSR count). The van der Waals surface area contributed by atoms with E-state index in [9.17, 15) is 4.39 Å². The average Bonchev–Trinajstić information content (AvgIpc) is 2.23. The first-order valence-electron chi connectivity index (χ1n) is 4.79. The Labute approximate surface area is 99.3 Å². The van der Waals surface area contributed by atoms with E-state index in [0.29, 0.717) is 30.9 Å². The molecular formula is C11H14FNO2S. The number of hydrogen-bond donors (Lipinski definition) is 1. The molecule has 0 saturated carbocycles. The Morgan fingerprint density at radius 1 is 1.38 bits per heavy atom. The second kappa shape index (κ2) is 6.52. The van der Waals surface area contributed by atoms with Crippen LogP contribution in [0.25, 0.3) is 0 Å². The molecule has 1 aromatic rings. The van der Waals surface area contributed by atoms with Gasteiger partial charge < -0.3 is 15.2 Å². The van der Waals surface area contributed by atoms with Crippen LogP contribution in [-0.2, 0) is 16.1 Å². The summed E-state index contributed by atoms with van der Waals surface area (Å²) in [4.78, 5) is 0.178. The third-order valence-electron chi connectivity index (χ3n) is 1.94. The van der Waals surface area contributed by atoms with Crippen LogP contribution in [-0.4, -0.2) is 25.3 Å². The van der Waals surface area contributed by atoms with Gasteiger partial charge in [-0.05, 0) is 23.8 Å². The minimum absolute atomic E-state index is 0.178. The predicted octanol–water partition coefficient (Wildman–Crippen LogP) is 1.62. The van der Waals surface area contributed by atoms with Crippen molar-refractivity contribution in [2.45, 2.75) is 6.61 Å². The second-order valence-electron chi connectivity index (χ2n) is 3.26.